The van der Waals surface area contributed by atoms with E-state index in [1.165, 1.54) is 17.0 Å². The number of ether oxygens (including phenoxy) is 1. The van der Waals surface area contributed by atoms with Gasteiger partial charge < -0.3 is 4.74 Å². The van der Waals surface area contributed by atoms with Crippen molar-refractivity contribution >= 4 is 22.6 Å². The maximum absolute atomic E-state index is 11.8. The molecule has 0 amide bonds. The second-order valence-corrected chi connectivity index (χ2v) is 7.42. The van der Waals surface area contributed by atoms with E-state index in [9.17, 15) is 4.79 Å². The molecule has 0 saturated heterocycles. The molecule has 0 spiro atoms. The van der Waals surface area contributed by atoms with Crippen LogP contribution in [0.1, 0.15) is 41.3 Å². The van der Waals surface area contributed by atoms with Crippen LogP contribution in [0.15, 0.2) is 24.3 Å². The van der Waals surface area contributed by atoms with Crippen molar-refractivity contribution < 1.29 is 9.53 Å². The number of imidazole rings is 1. The third kappa shape index (κ3) is 2.44. The van der Waals surface area contributed by atoms with Gasteiger partial charge in [0, 0.05) is 16.1 Å². The zero-order valence-electron chi connectivity index (χ0n) is 13.9. The van der Waals surface area contributed by atoms with Crippen molar-refractivity contribution in [1.29, 1.82) is 0 Å². The molecule has 2 heterocycles. The third-order valence-electron chi connectivity index (χ3n) is 4.65. The van der Waals surface area contributed by atoms with E-state index in [1.807, 2.05) is 31.2 Å². The normalized spacial score (nSPS) is 17.0. The molecule has 3 aromatic rings. The van der Waals surface area contributed by atoms with Crippen LogP contribution in [0, 0.1) is 5.92 Å². The van der Waals surface area contributed by atoms with E-state index in [4.69, 9.17) is 9.72 Å². The molecule has 1 atom stereocenters. The van der Waals surface area contributed by atoms with Crippen LogP contribution in [0.2, 0.25) is 0 Å². The van der Waals surface area contributed by atoms with E-state index in [2.05, 4.69) is 11.3 Å². The molecule has 4 nitrogen and oxygen atoms in total. The summed E-state index contributed by atoms with van der Waals surface area (Å²) in [4.78, 5) is 18.9. The molecule has 0 saturated carbocycles. The predicted octanol–water partition coefficient (Wildman–Crippen LogP) is 4.40. The van der Waals surface area contributed by atoms with Gasteiger partial charge in [-0.15, -0.1) is 11.3 Å². The summed E-state index contributed by atoms with van der Waals surface area (Å²) in [7, 11) is 0. The number of aryl methyl sites for hydroxylation is 1. The van der Waals surface area contributed by atoms with Crippen molar-refractivity contribution in [2.75, 3.05) is 6.61 Å². The van der Waals surface area contributed by atoms with Gasteiger partial charge in [-0.1, -0.05) is 6.92 Å². The zero-order chi connectivity index (χ0) is 16.7. The van der Waals surface area contributed by atoms with E-state index in [0.717, 1.165) is 41.1 Å². The number of benzene rings is 1. The summed E-state index contributed by atoms with van der Waals surface area (Å²) in [5.74, 6) is 1.55. The number of carbonyl (C=O) groups excluding carboxylic acids is 1. The van der Waals surface area contributed by atoms with Crippen LogP contribution >= 0.6 is 11.3 Å². The van der Waals surface area contributed by atoms with Crippen LogP contribution in [-0.4, -0.2) is 22.3 Å². The van der Waals surface area contributed by atoms with Crippen LogP contribution < -0.4 is 4.74 Å². The molecule has 0 radical (unpaired) electrons. The van der Waals surface area contributed by atoms with Gasteiger partial charge >= 0.3 is 0 Å². The minimum Gasteiger partial charge on any atom is -0.494 e. The van der Waals surface area contributed by atoms with E-state index >= 15 is 0 Å². The van der Waals surface area contributed by atoms with Crippen molar-refractivity contribution in [3.63, 3.8) is 0 Å². The molecule has 24 heavy (non-hydrogen) atoms. The van der Waals surface area contributed by atoms with Gasteiger partial charge in [0.05, 0.1) is 6.61 Å². The number of thiazole rings is 1. The Kier molecular flexibility index (Phi) is 3.88. The van der Waals surface area contributed by atoms with Gasteiger partial charge in [0.1, 0.15) is 17.1 Å². The molecule has 1 aliphatic carbocycles. The third-order valence-corrected chi connectivity index (χ3v) is 5.75. The molecule has 5 heteroatoms. The number of aromatic nitrogens is 2. The van der Waals surface area contributed by atoms with Gasteiger partial charge in [0.25, 0.3) is 0 Å². The summed E-state index contributed by atoms with van der Waals surface area (Å²) in [5.41, 5.74) is 3.66. The highest BCUT2D eigenvalue weighted by Crippen LogP contribution is 2.36. The Morgan fingerprint density at radius 2 is 2.17 bits per heavy atom. The Hall–Kier alpha value is -2.14. The minimum absolute atomic E-state index is 0.643. The van der Waals surface area contributed by atoms with Gasteiger partial charge in [0.2, 0.25) is 0 Å². The molecule has 1 unspecified atom stereocenters. The molecule has 1 aromatic carbocycles. The average molecular weight is 340 g/mol. The highest BCUT2D eigenvalue weighted by atomic mass is 32.1. The first-order chi connectivity index (χ1) is 11.7. The predicted molar refractivity (Wildman–Crippen MR) is 96.3 cm³/mol. The highest BCUT2D eigenvalue weighted by Gasteiger charge is 2.25. The van der Waals surface area contributed by atoms with Crippen molar-refractivity contribution in [3.05, 3.63) is 40.5 Å². The lowest BCUT2D eigenvalue weighted by atomic mass is 9.93. The van der Waals surface area contributed by atoms with E-state index in [0.29, 0.717) is 18.2 Å². The Morgan fingerprint density at radius 3 is 2.88 bits per heavy atom. The van der Waals surface area contributed by atoms with Crippen molar-refractivity contribution in [2.24, 2.45) is 5.92 Å². The lowest BCUT2D eigenvalue weighted by molar-refractivity contribution is 0.111. The van der Waals surface area contributed by atoms with Gasteiger partial charge in [-0.3, -0.25) is 9.20 Å². The van der Waals surface area contributed by atoms with Gasteiger partial charge in [-0.05, 0) is 56.4 Å². The molecule has 0 N–H and O–H groups in total. The molecule has 124 valence electrons. The molecular formula is C19H20N2O2S. The molecule has 0 fully saturated rings. The number of rotatable bonds is 4. The Morgan fingerprint density at radius 1 is 1.38 bits per heavy atom. The second-order valence-electron chi connectivity index (χ2n) is 6.36. The van der Waals surface area contributed by atoms with Crippen molar-refractivity contribution in [1.82, 2.24) is 9.38 Å². The molecule has 2 aromatic heterocycles. The Balaban J connectivity index is 1.81. The number of fused-ring (bicyclic) bond motifs is 3. The topological polar surface area (TPSA) is 43.6 Å². The van der Waals surface area contributed by atoms with Gasteiger partial charge in [0.15, 0.2) is 11.2 Å². The fourth-order valence-corrected chi connectivity index (χ4v) is 4.78. The summed E-state index contributed by atoms with van der Waals surface area (Å²) < 4.78 is 7.56. The summed E-state index contributed by atoms with van der Waals surface area (Å²) in [6.45, 7) is 4.90. The second kappa shape index (κ2) is 6.06. The average Bonchev–Trinajstić information content (AvgIpc) is 3.10. The minimum atomic E-state index is 0.643. The van der Waals surface area contributed by atoms with Crippen LogP contribution in [0.25, 0.3) is 16.2 Å². The summed E-state index contributed by atoms with van der Waals surface area (Å²) >= 11 is 1.73. The van der Waals surface area contributed by atoms with Crippen molar-refractivity contribution in [3.8, 4) is 17.0 Å². The summed E-state index contributed by atoms with van der Waals surface area (Å²) in [6, 6.07) is 7.80. The Bertz CT molecular complexity index is 892. The maximum atomic E-state index is 11.8. The maximum Gasteiger partial charge on any atom is 0.195 e. The summed E-state index contributed by atoms with van der Waals surface area (Å²) in [5, 5.41) is 0. The molecule has 0 aliphatic heterocycles. The number of nitrogens with zero attached hydrogens (tertiary/aromatic N) is 2. The monoisotopic (exact) mass is 340 g/mol. The fraction of sp³-hybridized carbons (Fsp3) is 0.368. The molecule has 0 bridgehead atoms. The fourth-order valence-electron chi connectivity index (χ4n) is 3.44. The molecule has 4 rings (SSSR count). The number of hydrogen-bond acceptors (Lipinski definition) is 4. The number of hydrogen-bond donors (Lipinski definition) is 0. The number of carbonyl (C=O) groups is 1. The summed E-state index contributed by atoms with van der Waals surface area (Å²) in [6.07, 6.45) is 4.24. The first-order valence-electron chi connectivity index (χ1n) is 8.42. The SMILES string of the molecule is CCOc1ccc(-c2nc3sc4c(n3c2C=O)CCC(C)C4)cc1. The van der Waals surface area contributed by atoms with Crippen molar-refractivity contribution in [2.45, 2.75) is 33.1 Å². The van der Waals surface area contributed by atoms with E-state index < -0.39 is 0 Å². The van der Waals surface area contributed by atoms with Gasteiger partial charge in [-0.2, -0.15) is 0 Å². The lowest BCUT2D eigenvalue weighted by Gasteiger charge is -2.17. The lowest BCUT2D eigenvalue weighted by Crippen LogP contribution is -2.11. The number of aldehydes is 1. The largest absolute Gasteiger partial charge is 0.494 e. The molecule has 1 aliphatic rings. The zero-order valence-corrected chi connectivity index (χ0v) is 14.7. The van der Waals surface area contributed by atoms with Crippen LogP contribution in [0.4, 0.5) is 0 Å². The van der Waals surface area contributed by atoms with Crippen LogP contribution in [0.5, 0.6) is 5.75 Å². The first-order valence-corrected chi connectivity index (χ1v) is 9.24. The van der Waals surface area contributed by atoms with E-state index in [1.54, 1.807) is 11.3 Å². The smallest absolute Gasteiger partial charge is 0.195 e. The molecular weight excluding hydrogens is 320 g/mol. The Labute approximate surface area is 145 Å². The quantitative estimate of drug-likeness (QED) is 0.661. The first kappa shape index (κ1) is 15.4. The van der Waals surface area contributed by atoms with E-state index in [-0.39, 0.29) is 0 Å². The van der Waals surface area contributed by atoms with Crippen LogP contribution in [0.3, 0.4) is 0 Å². The van der Waals surface area contributed by atoms with Gasteiger partial charge in [-0.25, -0.2) is 4.98 Å². The highest BCUT2D eigenvalue weighted by molar-refractivity contribution is 7.17. The standard InChI is InChI=1S/C19H20N2O2S/c1-3-23-14-7-5-13(6-8-14)18-16(11-22)21-15-9-4-12(2)10-17(15)24-19(21)20-18/h5-8,11-12H,3-4,9-10H2,1-2H3. The van der Waals surface area contributed by atoms with Crippen LogP contribution in [-0.2, 0) is 12.8 Å².